The van der Waals surface area contributed by atoms with Crippen LogP contribution in [0.4, 0.5) is 0 Å². The maximum atomic E-state index is 10.7. The van der Waals surface area contributed by atoms with Gasteiger partial charge >= 0.3 is 5.97 Å². The van der Waals surface area contributed by atoms with Crippen LogP contribution in [-0.4, -0.2) is 20.6 Å². The highest BCUT2D eigenvalue weighted by Gasteiger charge is 2.02. The summed E-state index contributed by atoms with van der Waals surface area (Å²) in [4.78, 5) is 14.7. The molecule has 2 rings (SSSR count). The molecule has 0 spiro atoms. The van der Waals surface area contributed by atoms with Crippen molar-refractivity contribution in [2.24, 2.45) is 0 Å². The zero-order chi connectivity index (χ0) is 10.7. The fourth-order valence-electron chi connectivity index (χ4n) is 1.39. The smallest absolute Gasteiger partial charge is 0.335 e. The Labute approximate surface area is 99.0 Å². The van der Waals surface area contributed by atoms with Gasteiger partial charge in [-0.1, -0.05) is 12.1 Å². The molecule has 1 aromatic heterocycles. The van der Waals surface area contributed by atoms with Crippen molar-refractivity contribution in [3.05, 3.63) is 54.1 Å². The number of hydrogen-bond acceptors (Lipinski definition) is 2. The minimum atomic E-state index is -0.900. The first kappa shape index (κ1) is 12.3. The predicted octanol–water partition coefficient (Wildman–Crippen LogP) is 2.05. The van der Waals surface area contributed by atoms with Crippen molar-refractivity contribution >= 4 is 18.4 Å². The van der Waals surface area contributed by atoms with Gasteiger partial charge in [0.25, 0.3) is 0 Å². The molecular formula is C11H11ClN2O2. The van der Waals surface area contributed by atoms with Crippen molar-refractivity contribution in [3.63, 3.8) is 0 Å². The number of aromatic nitrogens is 2. The van der Waals surface area contributed by atoms with Crippen LogP contribution in [0.2, 0.25) is 0 Å². The number of carbonyl (C=O) groups is 1. The van der Waals surface area contributed by atoms with E-state index >= 15 is 0 Å². The maximum absolute atomic E-state index is 10.7. The lowest BCUT2D eigenvalue weighted by atomic mass is 10.1. The highest BCUT2D eigenvalue weighted by molar-refractivity contribution is 5.87. The third-order valence-electron chi connectivity index (χ3n) is 2.10. The average molecular weight is 239 g/mol. The monoisotopic (exact) mass is 238 g/mol. The van der Waals surface area contributed by atoms with Crippen molar-refractivity contribution in [1.82, 2.24) is 9.55 Å². The molecule has 4 nitrogen and oxygen atoms in total. The first-order valence-electron chi connectivity index (χ1n) is 4.54. The van der Waals surface area contributed by atoms with E-state index in [4.69, 9.17) is 5.11 Å². The van der Waals surface area contributed by atoms with Crippen LogP contribution < -0.4 is 0 Å². The van der Waals surface area contributed by atoms with Crippen molar-refractivity contribution < 1.29 is 9.90 Å². The van der Waals surface area contributed by atoms with Gasteiger partial charge in [-0.2, -0.15) is 0 Å². The van der Waals surface area contributed by atoms with Gasteiger partial charge in [-0.05, 0) is 17.7 Å². The number of carboxylic acids is 1. The van der Waals surface area contributed by atoms with E-state index in [-0.39, 0.29) is 12.4 Å². The second-order valence-corrected chi connectivity index (χ2v) is 3.24. The molecule has 1 heterocycles. The van der Waals surface area contributed by atoms with E-state index in [1.807, 2.05) is 16.8 Å². The number of carboxylic acid groups (broad SMARTS) is 1. The number of benzene rings is 1. The molecule has 0 radical (unpaired) electrons. The quantitative estimate of drug-likeness (QED) is 0.891. The lowest BCUT2D eigenvalue weighted by Gasteiger charge is -2.03. The minimum Gasteiger partial charge on any atom is -0.478 e. The Morgan fingerprint density at radius 1 is 1.44 bits per heavy atom. The van der Waals surface area contributed by atoms with Crippen LogP contribution in [-0.2, 0) is 6.54 Å². The second-order valence-electron chi connectivity index (χ2n) is 3.24. The molecule has 0 aliphatic heterocycles. The van der Waals surface area contributed by atoms with Crippen LogP contribution in [0, 0.1) is 0 Å². The lowest BCUT2D eigenvalue weighted by Crippen LogP contribution is -2.00. The summed E-state index contributed by atoms with van der Waals surface area (Å²) in [6.07, 6.45) is 5.24. The first-order chi connectivity index (χ1) is 7.25. The Morgan fingerprint density at radius 3 is 2.88 bits per heavy atom. The number of halogens is 1. The molecule has 0 saturated carbocycles. The number of hydrogen-bond donors (Lipinski definition) is 1. The molecule has 1 N–H and O–H groups in total. The molecule has 16 heavy (non-hydrogen) atoms. The van der Waals surface area contributed by atoms with Gasteiger partial charge in [0.15, 0.2) is 0 Å². The molecule has 0 saturated heterocycles. The van der Waals surface area contributed by atoms with Crippen LogP contribution in [0.25, 0.3) is 0 Å². The van der Waals surface area contributed by atoms with E-state index in [1.54, 1.807) is 30.7 Å². The van der Waals surface area contributed by atoms with Gasteiger partial charge in [0.2, 0.25) is 0 Å². The number of aromatic carboxylic acids is 1. The van der Waals surface area contributed by atoms with Crippen LogP contribution in [0.1, 0.15) is 15.9 Å². The van der Waals surface area contributed by atoms with Crippen molar-refractivity contribution in [1.29, 1.82) is 0 Å². The minimum absolute atomic E-state index is 0. The van der Waals surface area contributed by atoms with Crippen molar-refractivity contribution in [2.75, 3.05) is 0 Å². The molecule has 0 amide bonds. The first-order valence-corrected chi connectivity index (χ1v) is 4.54. The summed E-state index contributed by atoms with van der Waals surface area (Å²) in [7, 11) is 0. The van der Waals surface area contributed by atoms with Gasteiger partial charge in [-0.3, -0.25) is 0 Å². The molecule has 2 aromatic rings. The Bertz CT molecular complexity index is 469. The van der Waals surface area contributed by atoms with Crippen molar-refractivity contribution in [3.8, 4) is 0 Å². The van der Waals surface area contributed by atoms with Crippen molar-refractivity contribution in [2.45, 2.75) is 6.54 Å². The molecule has 0 fully saturated rings. The Kier molecular flexibility index (Phi) is 4.08. The molecule has 5 heteroatoms. The fourth-order valence-corrected chi connectivity index (χ4v) is 1.39. The largest absolute Gasteiger partial charge is 0.478 e. The second kappa shape index (κ2) is 5.32. The molecule has 0 unspecified atom stereocenters. The topological polar surface area (TPSA) is 55.1 Å². The Hall–Kier alpha value is -1.81. The number of rotatable bonds is 3. The molecular weight excluding hydrogens is 228 g/mol. The third kappa shape index (κ3) is 2.84. The fraction of sp³-hybridized carbons (Fsp3) is 0.0909. The van der Waals surface area contributed by atoms with Gasteiger partial charge < -0.3 is 9.67 Å². The molecule has 0 atom stereocenters. The molecule has 0 aliphatic carbocycles. The predicted molar refractivity (Wildman–Crippen MR) is 62.0 cm³/mol. The lowest BCUT2D eigenvalue weighted by molar-refractivity contribution is 0.0697. The standard InChI is InChI=1S/C11H10N2O2.ClH/c14-11(15)10-3-1-2-9(6-10)7-13-5-4-12-8-13;/h1-6,8H,7H2,(H,14,15);1H. The van der Waals surface area contributed by atoms with E-state index in [0.717, 1.165) is 5.56 Å². The highest BCUT2D eigenvalue weighted by Crippen LogP contribution is 2.07. The van der Waals surface area contributed by atoms with Gasteiger partial charge in [0.05, 0.1) is 11.9 Å². The van der Waals surface area contributed by atoms with Crippen LogP contribution in [0.5, 0.6) is 0 Å². The van der Waals surface area contributed by atoms with E-state index < -0.39 is 5.97 Å². The molecule has 1 aromatic carbocycles. The van der Waals surface area contributed by atoms with E-state index in [0.29, 0.717) is 12.1 Å². The summed E-state index contributed by atoms with van der Waals surface area (Å²) in [5, 5.41) is 8.82. The highest BCUT2D eigenvalue weighted by atomic mass is 35.5. The zero-order valence-corrected chi connectivity index (χ0v) is 9.22. The molecule has 84 valence electrons. The Morgan fingerprint density at radius 2 is 2.25 bits per heavy atom. The normalized spacial score (nSPS) is 9.50. The maximum Gasteiger partial charge on any atom is 0.335 e. The van der Waals surface area contributed by atoms with Gasteiger partial charge in [0, 0.05) is 18.9 Å². The van der Waals surface area contributed by atoms with Gasteiger partial charge in [-0.15, -0.1) is 12.4 Å². The molecule has 0 bridgehead atoms. The summed E-state index contributed by atoms with van der Waals surface area (Å²) in [5.74, 6) is -0.900. The third-order valence-corrected chi connectivity index (χ3v) is 2.10. The van der Waals surface area contributed by atoms with Gasteiger partial charge in [0.1, 0.15) is 0 Å². The Balaban J connectivity index is 0.00000128. The summed E-state index contributed by atoms with van der Waals surface area (Å²) < 4.78 is 1.89. The molecule has 0 aliphatic rings. The summed E-state index contributed by atoms with van der Waals surface area (Å²) in [5.41, 5.74) is 1.26. The van der Waals surface area contributed by atoms with E-state index in [1.165, 1.54) is 0 Å². The van der Waals surface area contributed by atoms with Crippen LogP contribution >= 0.6 is 12.4 Å². The van der Waals surface area contributed by atoms with Crippen LogP contribution in [0.3, 0.4) is 0 Å². The zero-order valence-electron chi connectivity index (χ0n) is 8.41. The summed E-state index contributed by atoms with van der Waals surface area (Å²) >= 11 is 0. The summed E-state index contributed by atoms with van der Waals surface area (Å²) in [6.45, 7) is 0.640. The number of nitrogens with zero attached hydrogens (tertiary/aromatic N) is 2. The van der Waals surface area contributed by atoms with Gasteiger partial charge in [-0.25, -0.2) is 9.78 Å². The number of imidazole rings is 1. The van der Waals surface area contributed by atoms with E-state index in [2.05, 4.69) is 4.98 Å². The van der Waals surface area contributed by atoms with Crippen LogP contribution in [0.15, 0.2) is 43.0 Å². The summed E-state index contributed by atoms with van der Waals surface area (Å²) in [6, 6.07) is 6.89. The average Bonchev–Trinajstić information content (AvgIpc) is 2.71. The van der Waals surface area contributed by atoms with E-state index in [9.17, 15) is 4.79 Å². The SMILES string of the molecule is Cl.O=C(O)c1cccc(Cn2ccnc2)c1.